The van der Waals surface area contributed by atoms with Crippen molar-refractivity contribution >= 4 is 35.5 Å². The summed E-state index contributed by atoms with van der Waals surface area (Å²) >= 11 is 1.94. The van der Waals surface area contributed by atoms with Gasteiger partial charge < -0.3 is 9.79 Å². The Morgan fingerprint density at radius 1 is 1.42 bits per heavy atom. The third-order valence-electron chi connectivity index (χ3n) is 1.49. The molecule has 0 radical (unpaired) electrons. The normalized spacial score (nSPS) is 11.7. The molecule has 66 valence electrons. The Labute approximate surface area is 84.1 Å². The fraction of sp³-hybridized carbons (Fsp3) is 0.143. The molecule has 0 unspecified atom stereocenters. The van der Waals surface area contributed by atoms with E-state index in [1.54, 1.807) is 6.07 Å². The van der Waals surface area contributed by atoms with Gasteiger partial charge in [0.1, 0.15) is 0 Å². The van der Waals surface area contributed by atoms with Crippen LogP contribution in [-0.2, 0) is 4.57 Å². The van der Waals surface area contributed by atoms with Gasteiger partial charge >= 0.3 is 7.60 Å². The fourth-order valence-corrected chi connectivity index (χ4v) is 2.87. The average molecular weight is 298 g/mol. The van der Waals surface area contributed by atoms with E-state index in [1.165, 1.54) is 6.07 Å². The van der Waals surface area contributed by atoms with Gasteiger partial charge in [-0.15, -0.1) is 0 Å². The topological polar surface area (TPSA) is 57.5 Å². The molecule has 0 heterocycles. The van der Waals surface area contributed by atoms with Crippen LogP contribution in [0.25, 0.3) is 0 Å². The van der Waals surface area contributed by atoms with Crippen LogP contribution in [-0.4, -0.2) is 9.79 Å². The largest absolute Gasteiger partial charge is 0.357 e. The van der Waals surface area contributed by atoms with Gasteiger partial charge in [-0.1, -0.05) is 12.1 Å². The summed E-state index contributed by atoms with van der Waals surface area (Å²) in [5, 5.41) is 0.114. The lowest BCUT2D eigenvalue weighted by Crippen LogP contribution is -2.09. The van der Waals surface area contributed by atoms with E-state index in [4.69, 9.17) is 9.79 Å². The van der Waals surface area contributed by atoms with E-state index < -0.39 is 7.60 Å². The van der Waals surface area contributed by atoms with Gasteiger partial charge in [-0.2, -0.15) is 0 Å². The van der Waals surface area contributed by atoms with Crippen LogP contribution in [0, 0.1) is 10.5 Å². The summed E-state index contributed by atoms with van der Waals surface area (Å²) in [6.07, 6.45) is 0. The van der Waals surface area contributed by atoms with Gasteiger partial charge in [0.25, 0.3) is 0 Å². The fourth-order valence-electron chi connectivity index (χ4n) is 0.857. The monoisotopic (exact) mass is 298 g/mol. The molecule has 1 rings (SSSR count). The number of halogens is 1. The first-order valence-corrected chi connectivity index (χ1v) is 5.93. The highest BCUT2D eigenvalue weighted by Gasteiger charge is 2.20. The summed E-state index contributed by atoms with van der Waals surface area (Å²) in [4.78, 5) is 17.8. The average Bonchev–Trinajstić information content (AvgIpc) is 1.92. The van der Waals surface area contributed by atoms with Crippen molar-refractivity contribution in [3.8, 4) is 0 Å². The predicted molar refractivity (Wildman–Crippen MR) is 55.6 cm³/mol. The Morgan fingerprint density at radius 3 is 2.42 bits per heavy atom. The predicted octanol–water partition coefficient (Wildman–Crippen LogP) is 1.40. The van der Waals surface area contributed by atoms with E-state index in [1.807, 2.05) is 35.6 Å². The van der Waals surface area contributed by atoms with Crippen LogP contribution in [0.2, 0.25) is 0 Å². The van der Waals surface area contributed by atoms with Crippen molar-refractivity contribution in [2.24, 2.45) is 0 Å². The van der Waals surface area contributed by atoms with Crippen LogP contribution in [0.4, 0.5) is 0 Å². The molecule has 1 aromatic carbocycles. The van der Waals surface area contributed by atoms with Gasteiger partial charge in [0.2, 0.25) is 0 Å². The SMILES string of the molecule is Cc1cccc(P(=O)(O)O)c1I. The van der Waals surface area contributed by atoms with Crippen LogP contribution in [0.1, 0.15) is 5.56 Å². The van der Waals surface area contributed by atoms with E-state index in [0.29, 0.717) is 3.57 Å². The number of benzene rings is 1. The lowest BCUT2D eigenvalue weighted by atomic mass is 10.2. The molecule has 0 aliphatic heterocycles. The molecule has 0 saturated carbocycles. The zero-order valence-corrected chi connectivity index (χ0v) is 9.41. The quantitative estimate of drug-likeness (QED) is 0.609. The lowest BCUT2D eigenvalue weighted by Gasteiger charge is -2.07. The van der Waals surface area contributed by atoms with Crippen molar-refractivity contribution in [1.29, 1.82) is 0 Å². The number of aryl methyl sites for hydroxylation is 1. The summed E-state index contributed by atoms with van der Waals surface area (Å²) in [5.74, 6) is 0. The summed E-state index contributed by atoms with van der Waals surface area (Å²) in [5.41, 5.74) is 0.886. The lowest BCUT2D eigenvalue weighted by molar-refractivity contribution is 0.387. The number of rotatable bonds is 1. The van der Waals surface area contributed by atoms with Gasteiger partial charge in [0.05, 0.1) is 5.30 Å². The molecule has 12 heavy (non-hydrogen) atoms. The summed E-state index contributed by atoms with van der Waals surface area (Å²) in [7, 11) is -4.09. The highest BCUT2D eigenvalue weighted by atomic mass is 127. The Balaban J connectivity index is 3.36. The Kier molecular flexibility index (Phi) is 2.93. The molecule has 0 aliphatic rings. The third-order valence-corrected chi connectivity index (χ3v) is 4.34. The Bertz CT molecular complexity index is 345. The zero-order valence-electron chi connectivity index (χ0n) is 6.36. The van der Waals surface area contributed by atoms with E-state index >= 15 is 0 Å². The number of hydrogen-bond donors (Lipinski definition) is 2. The second-order valence-corrected chi connectivity index (χ2v) is 5.10. The Hall–Kier alpha value is 0.100. The van der Waals surface area contributed by atoms with Crippen LogP contribution >= 0.6 is 30.2 Å². The van der Waals surface area contributed by atoms with Crippen molar-refractivity contribution in [3.63, 3.8) is 0 Å². The Morgan fingerprint density at radius 2 is 2.00 bits per heavy atom. The second kappa shape index (κ2) is 3.46. The molecular weight excluding hydrogens is 290 g/mol. The first-order valence-electron chi connectivity index (χ1n) is 3.24. The molecule has 0 fully saturated rings. The minimum absolute atomic E-state index is 0.114. The van der Waals surface area contributed by atoms with Gasteiger partial charge in [-0.25, -0.2) is 0 Å². The van der Waals surface area contributed by atoms with E-state index in [0.717, 1.165) is 5.56 Å². The summed E-state index contributed by atoms with van der Waals surface area (Å²) in [6, 6.07) is 4.92. The summed E-state index contributed by atoms with van der Waals surface area (Å²) < 4.78 is 11.5. The molecule has 0 atom stereocenters. The van der Waals surface area contributed by atoms with Crippen molar-refractivity contribution < 1.29 is 14.4 Å². The standard InChI is InChI=1S/C7H8IO3P/c1-5-3-2-4-6(7(5)8)12(9,10)11/h2-4H,1H3,(H2,9,10,11). The van der Waals surface area contributed by atoms with E-state index in [9.17, 15) is 4.57 Å². The molecule has 1 aromatic rings. The van der Waals surface area contributed by atoms with E-state index in [-0.39, 0.29) is 5.30 Å². The molecule has 0 aliphatic carbocycles. The number of hydrogen-bond acceptors (Lipinski definition) is 1. The van der Waals surface area contributed by atoms with Crippen LogP contribution in [0.15, 0.2) is 18.2 Å². The van der Waals surface area contributed by atoms with Crippen molar-refractivity contribution in [2.75, 3.05) is 0 Å². The maximum atomic E-state index is 10.9. The van der Waals surface area contributed by atoms with Crippen molar-refractivity contribution in [1.82, 2.24) is 0 Å². The van der Waals surface area contributed by atoms with Crippen LogP contribution in [0.5, 0.6) is 0 Å². The van der Waals surface area contributed by atoms with Gasteiger partial charge in [-0.3, -0.25) is 4.57 Å². The smallest absolute Gasteiger partial charge is 0.321 e. The maximum absolute atomic E-state index is 10.9. The molecular formula is C7H8IO3P. The van der Waals surface area contributed by atoms with Crippen molar-refractivity contribution in [3.05, 3.63) is 27.3 Å². The van der Waals surface area contributed by atoms with Crippen LogP contribution < -0.4 is 5.30 Å². The van der Waals surface area contributed by atoms with E-state index in [2.05, 4.69) is 0 Å². The van der Waals surface area contributed by atoms with Crippen molar-refractivity contribution in [2.45, 2.75) is 6.92 Å². The minimum atomic E-state index is -4.09. The highest BCUT2D eigenvalue weighted by Crippen LogP contribution is 2.35. The second-order valence-electron chi connectivity index (χ2n) is 2.45. The molecule has 5 heteroatoms. The molecule has 2 N–H and O–H groups in total. The molecule has 0 aromatic heterocycles. The minimum Gasteiger partial charge on any atom is -0.321 e. The molecule has 3 nitrogen and oxygen atoms in total. The van der Waals surface area contributed by atoms with Gasteiger partial charge in [0, 0.05) is 3.57 Å². The highest BCUT2D eigenvalue weighted by molar-refractivity contribution is 14.1. The molecule has 0 spiro atoms. The molecule has 0 saturated heterocycles. The molecule has 0 amide bonds. The maximum Gasteiger partial charge on any atom is 0.357 e. The zero-order chi connectivity index (χ0) is 9.35. The molecule has 0 bridgehead atoms. The van der Waals surface area contributed by atoms with Crippen LogP contribution in [0.3, 0.4) is 0 Å². The summed E-state index contributed by atoms with van der Waals surface area (Å²) in [6.45, 7) is 1.82. The van der Waals surface area contributed by atoms with Gasteiger partial charge in [-0.05, 0) is 41.1 Å². The van der Waals surface area contributed by atoms with Gasteiger partial charge in [0.15, 0.2) is 0 Å². The first-order chi connectivity index (χ1) is 5.43. The first kappa shape index (κ1) is 10.2. The third kappa shape index (κ3) is 2.07.